The minimum Gasteiger partial charge on any atom is -0.207 e. The Balaban J connectivity index is 3.25. The monoisotopic (exact) mass is 143 g/mol. The van der Waals surface area contributed by atoms with Crippen molar-refractivity contribution in [3.8, 4) is 0 Å². The van der Waals surface area contributed by atoms with E-state index in [0.29, 0.717) is 5.02 Å². The Bertz CT molecular complexity index is 200. The van der Waals surface area contributed by atoms with E-state index in [4.69, 9.17) is 11.6 Å². The Kier molecular flexibility index (Phi) is 1.72. The third-order valence-corrected chi connectivity index (χ3v) is 1.42. The SMILES string of the molecule is [CH2]c1c(F)cccc1Cl. The molecule has 0 aliphatic rings. The van der Waals surface area contributed by atoms with E-state index in [1.54, 1.807) is 12.1 Å². The largest absolute Gasteiger partial charge is 0.207 e. The summed E-state index contributed by atoms with van der Waals surface area (Å²) in [7, 11) is 0. The lowest BCUT2D eigenvalue weighted by molar-refractivity contribution is 0.623. The van der Waals surface area contributed by atoms with Crippen LogP contribution in [-0.2, 0) is 0 Å². The molecule has 0 saturated carbocycles. The van der Waals surface area contributed by atoms with Crippen molar-refractivity contribution >= 4 is 11.6 Å². The molecule has 1 aromatic carbocycles. The molecule has 1 radical (unpaired) electrons. The molecule has 0 aliphatic carbocycles. The lowest BCUT2D eigenvalue weighted by atomic mass is 10.2. The van der Waals surface area contributed by atoms with E-state index >= 15 is 0 Å². The summed E-state index contributed by atoms with van der Waals surface area (Å²) in [5.74, 6) is -0.359. The highest BCUT2D eigenvalue weighted by atomic mass is 35.5. The fourth-order valence-electron chi connectivity index (χ4n) is 0.532. The fraction of sp³-hybridized carbons (Fsp3) is 0. The van der Waals surface area contributed by atoms with Gasteiger partial charge in [-0.1, -0.05) is 17.7 Å². The molecule has 0 fully saturated rings. The molecule has 0 saturated heterocycles. The first kappa shape index (κ1) is 6.56. The summed E-state index contributed by atoms with van der Waals surface area (Å²) in [5, 5.41) is 0.370. The average molecular weight is 144 g/mol. The maximum absolute atomic E-state index is 12.4. The smallest absolute Gasteiger partial charge is 0.127 e. The van der Waals surface area contributed by atoms with E-state index in [2.05, 4.69) is 6.92 Å². The predicted molar refractivity (Wildman–Crippen MR) is 35.9 cm³/mol. The van der Waals surface area contributed by atoms with E-state index < -0.39 is 0 Å². The second-order valence-corrected chi connectivity index (χ2v) is 2.11. The first-order chi connectivity index (χ1) is 4.22. The van der Waals surface area contributed by atoms with Gasteiger partial charge in [0.15, 0.2) is 0 Å². The standard InChI is InChI=1S/C7H5ClF/c1-5-6(8)3-2-4-7(5)9/h2-4H,1H2. The van der Waals surface area contributed by atoms with Crippen LogP contribution in [0.1, 0.15) is 5.56 Å². The number of benzene rings is 1. The minimum atomic E-state index is -0.359. The molecule has 0 aromatic heterocycles. The maximum Gasteiger partial charge on any atom is 0.127 e. The van der Waals surface area contributed by atoms with Gasteiger partial charge in [-0.2, -0.15) is 0 Å². The van der Waals surface area contributed by atoms with Gasteiger partial charge < -0.3 is 0 Å². The van der Waals surface area contributed by atoms with Crippen LogP contribution in [0.25, 0.3) is 0 Å². The number of halogens is 2. The summed E-state index contributed by atoms with van der Waals surface area (Å²) < 4.78 is 12.4. The molecule has 0 spiro atoms. The predicted octanol–water partition coefficient (Wildman–Crippen LogP) is 2.66. The van der Waals surface area contributed by atoms with Gasteiger partial charge in [-0.05, 0) is 19.1 Å². The first-order valence-electron chi connectivity index (χ1n) is 2.48. The Morgan fingerprint density at radius 2 is 2.11 bits per heavy atom. The van der Waals surface area contributed by atoms with Gasteiger partial charge >= 0.3 is 0 Å². The van der Waals surface area contributed by atoms with Crippen molar-refractivity contribution in [2.75, 3.05) is 0 Å². The highest BCUT2D eigenvalue weighted by molar-refractivity contribution is 6.31. The zero-order valence-corrected chi connectivity index (χ0v) is 5.45. The van der Waals surface area contributed by atoms with Crippen LogP contribution in [0.2, 0.25) is 5.02 Å². The van der Waals surface area contributed by atoms with E-state index in [-0.39, 0.29) is 11.4 Å². The molecular formula is C7H5ClF. The summed E-state index contributed by atoms with van der Waals surface area (Å²) >= 11 is 5.51. The molecule has 47 valence electrons. The lowest BCUT2D eigenvalue weighted by Gasteiger charge is -1.95. The van der Waals surface area contributed by atoms with Gasteiger partial charge in [-0.25, -0.2) is 4.39 Å². The molecule has 9 heavy (non-hydrogen) atoms. The van der Waals surface area contributed by atoms with Gasteiger partial charge in [0.1, 0.15) is 5.82 Å². The molecule has 0 nitrogen and oxygen atoms in total. The van der Waals surface area contributed by atoms with Crippen molar-refractivity contribution in [3.05, 3.63) is 41.5 Å². The Hall–Kier alpha value is -0.560. The molecule has 0 N–H and O–H groups in total. The van der Waals surface area contributed by atoms with Crippen LogP contribution in [0.5, 0.6) is 0 Å². The molecule has 0 atom stereocenters. The van der Waals surface area contributed by atoms with Crippen molar-refractivity contribution in [1.82, 2.24) is 0 Å². The van der Waals surface area contributed by atoms with Crippen LogP contribution in [0.15, 0.2) is 18.2 Å². The lowest BCUT2D eigenvalue weighted by Crippen LogP contribution is -1.80. The Morgan fingerprint density at radius 3 is 2.56 bits per heavy atom. The van der Waals surface area contributed by atoms with Crippen LogP contribution in [-0.4, -0.2) is 0 Å². The summed E-state index contributed by atoms with van der Waals surface area (Å²) in [6, 6.07) is 4.48. The quantitative estimate of drug-likeness (QED) is 0.524. The van der Waals surface area contributed by atoms with Gasteiger partial charge in [0.05, 0.1) is 0 Å². The van der Waals surface area contributed by atoms with Crippen LogP contribution >= 0.6 is 11.6 Å². The van der Waals surface area contributed by atoms with E-state index in [1.807, 2.05) is 0 Å². The normalized spacial score (nSPS) is 9.67. The molecule has 2 heteroatoms. The Morgan fingerprint density at radius 1 is 1.44 bits per heavy atom. The van der Waals surface area contributed by atoms with Gasteiger partial charge in [-0.3, -0.25) is 0 Å². The van der Waals surface area contributed by atoms with Crippen LogP contribution < -0.4 is 0 Å². The van der Waals surface area contributed by atoms with Crippen molar-refractivity contribution in [1.29, 1.82) is 0 Å². The minimum absolute atomic E-state index is 0.263. The van der Waals surface area contributed by atoms with Gasteiger partial charge in [-0.15, -0.1) is 0 Å². The molecule has 0 bridgehead atoms. The molecule has 0 amide bonds. The van der Waals surface area contributed by atoms with Crippen molar-refractivity contribution < 1.29 is 4.39 Å². The molecule has 0 aliphatic heterocycles. The van der Waals surface area contributed by atoms with Crippen molar-refractivity contribution in [3.63, 3.8) is 0 Å². The zero-order chi connectivity index (χ0) is 6.85. The number of hydrogen-bond donors (Lipinski definition) is 0. The summed E-state index contributed by atoms with van der Waals surface area (Å²) in [6.07, 6.45) is 0. The summed E-state index contributed by atoms with van der Waals surface area (Å²) in [4.78, 5) is 0. The molecule has 0 heterocycles. The first-order valence-corrected chi connectivity index (χ1v) is 2.85. The summed E-state index contributed by atoms with van der Waals surface area (Å²) in [6.45, 7) is 3.41. The van der Waals surface area contributed by atoms with E-state index in [0.717, 1.165) is 0 Å². The van der Waals surface area contributed by atoms with Crippen LogP contribution in [0, 0.1) is 12.7 Å². The highest BCUT2D eigenvalue weighted by Gasteiger charge is 1.97. The van der Waals surface area contributed by atoms with Gasteiger partial charge in [0.2, 0.25) is 0 Å². The van der Waals surface area contributed by atoms with Gasteiger partial charge in [0.25, 0.3) is 0 Å². The average Bonchev–Trinajstić information content (AvgIpc) is 1.83. The van der Waals surface area contributed by atoms with Crippen molar-refractivity contribution in [2.45, 2.75) is 0 Å². The van der Waals surface area contributed by atoms with Gasteiger partial charge in [0, 0.05) is 10.6 Å². The second-order valence-electron chi connectivity index (χ2n) is 1.70. The highest BCUT2D eigenvalue weighted by Crippen LogP contribution is 2.16. The molecule has 1 aromatic rings. The topological polar surface area (TPSA) is 0 Å². The number of rotatable bonds is 0. The van der Waals surface area contributed by atoms with E-state index in [9.17, 15) is 4.39 Å². The third-order valence-electron chi connectivity index (χ3n) is 1.06. The molecular weight excluding hydrogens is 139 g/mol. The number of hydrogen-bond acceptors (Lipinski definition) is 0. The zero-order valence-electron chi connectivity index (χ0n) is 4.70. The molecule has 0 unspecified atom stereocenters. The summed E-state index contributed by atoms with van der Waals surface area (Å²) in [5.41, 5.74) is 0.263. The maximum atomic E-state index is 12.4. The van der Waals surface area contributed by atoms with Crippen molar-refractivity contribution in [2.24, 2.45) is 0 Å². The third kappa shape index (κ3) is 1.22. The van der Waals surface area contributed by atoms with Crippen LogP contribution in [0.3, 0.4) is 0 Å². The second kappa shape index (κ2) is 2.36. The fourth-order valence-corrected chi connectivity index (χ4v) is 0.695. The Labute approximate surface area is 58.3 Å². The van der Waals surface area contributed by atoms with Crippen LogP contribution in [0.4, 0.5) is 4.39 Å². The molecule has 1 rings (SSSR count). The van der Waals surface area contributed by atoms with E-state index in [1.165, 1.54) is 6.07 Å².